The molecule has 0 unspecified atom stereocenters. The first-order valence-corrected chi connectivity index (χ1v) is 0.775. The van der Waals surface area contributed by atoms with Gasteiger partial charge in [-0.1, -0.05) is 0 Å². The third-order valence-electron chi connectivity index (χ3n) is 0. The Hall–Kier alpha value is 2.82. The normalized spacial score (nSPS) is 4.50. The quantitative estimate of drug-likeness (QED) is 0.422. The third-order valence-corrected chi connectivity index (χ3v) is 0. The van der Waals surface area contributed by atoms with E-state index in [9.17, 15) is 0 Å². The van der Waals surface area contributed by atoms with Crippen LogP contribution in [0.4, 0.5) is 0 Å². The molecule has 0 aromatic rings. The number of hydrogen-bond donors (Lipinski definition) is 3. The first-order valence-electron chi connectivity index (χ1n) is 0.775. The van der Waals surface area contributed by atoms with Crippen LogP contribution in [0.25, 0.3) is 0 Å². The standard InChI is InChI=1S/BH3O3.K.Lu.H/c2-1(3)4;;;/h2-4H;;;. The second-order valence-electron chi connectivity index (χ2n) is 0.346. The number of rotatable bonds is 0. The maximum atomic E-state index is 7.17. The molecule has 1 radical (unpaired) electrons. The van der Waals surface area contributed by atoms with E-state index in [4.69, 9.17) is 15.1 Å². The van der Waals surface area contributed by atoms with E-state index >= 15 is 0 Å². The first-order chi connectivity index (χ1) is 1.73. The fraction of sp³-hybridized carbons (Fsp3) is 0. The second kappa shape index (κ2) is 10.7. The summed E-state index contributed by atoms with van der Waals surface area (Å²) < 4.78 is 0. The minimum absolute atomic E-state index is 0. The summed E-state index contributed by atoms with van der Waals surface area (Å²) in [4.78, 5) is 0. The molecule has 0 aromatic carbocycles. The van der Waals surface area contributed by atoms with Gasteiger partial charge in [0.15, 0.2) is 0 Å². The molecule has 41 valence electrons. The maximum absolute atomic E-state index is 7.17. The molecule has 0 aromatic heterocycles. The van der Waals surface area contributed by atoms with Crippen molar-refractivity contribution in [2.75, 3.05) is 0 Å². The molecule has 3 N–H and O–H groups in total. The van der Waals surface area contributed by atoms with Gasteiger partial charge in [-0.05, 0) is 0 Å². The van der Waals surface area contributed by atoms with Gasteiger partial charge in [0.25, 0.3) is 0 Å². The molecule has 0 amide bonds. The molecule has 3 nitrogen and oxygen atoms in total. The fourth-order valence-corrected chi connectivity index (χ4v) is 0. The van der Waals surface area contributed by atoms with Crippen LogP contribution in [0.3, 0.4) is 0 Å². The van der Waals surface area contributed by atoms with Crippen LogP contribution in [-0.4, -0.2) is 73.8 Å². The predicted octanol–water partition coefficient (Wildman–Crippen LogP) is -2.70. The first kappa shape index (κ1) is 15.9. The van der Waals surface area contributed by atoms with Crippen molar-refractivity contribution >= 4 is 58.7 Å². The summed E-state index contributed by atoms with van der Waals surface area (Å²) in [5, 5.41) is 21.5. The van der Waals surface area contributed by atoms with Crippen LogP contribution in [0.15, 0.2) is 0 Å². The molecular weight excluding hydrogens is 273 g/mol. The van der Waals surface area contributed by atoms with Crippen LogP contribution in [0.1, 0.15) is 0 Å². The minimum Gasteiger partial charge on any atom is 0 e. The molecule has 6 heavy (non-hydrogen) atoms. The fourth-order valence-electron chi connectivity index (χ4n) is 0. The van der Waals surface area contributed by atoms with Crippen molar-refractivity contribution in [1.29, 1.82) is 0 Å². The average molecular weight is 277 g/mol. The third kappa shape index (κ3) is 29.1. The van der Waals surface area contributed by atoms with E-state index in [1.54, 1.807) is 0 Å². The van der Waals surface area contributed by atoms with Gasteiger partial charge in [-0.15, -0.1) is 0 Å². The van der Waals surface area contributed by atoms with E-state index in [0.29, 0.717) is 0 Å². The van der Waals surface area contributed by atoms with Gasteiger partial charge in [-0.2, -0.15) is 0 Å². The van der Waals surface area contributed by atoms with Crippen LogP contribution in [0.5, 0.6) is 0 Å². The van der Waals surface area contributed by atoms with Gasteiger partial charge < -0.3 is 15.1 Å². The van der Waals surface area contributed by atoms with Crippen LogP contribution in [0, 0.1) is 36.9 Å². The molecule has 0 fully saturated rings. The molecule has 0 rings (SSSR count). The maximum Gasteiger partial charge on any atom is 0 e. The van der Waals surface area contributed by atoms with Crippen LogP contribution < -0.4 is 0 Å². The molecule has 0 heterocycles. The van der Waals surface area contributed by atoms with Gasteiger partial charge >= 0.3 is 58.7 Å². The van der Waals surface area contributed by atoms with Crippen molar-refractivity contribution in [3.8, 4) is 0 Å². The molecule has 0 aliphatic rings. The van der Waals surface area contributed by atoms with E-state index in [2.05, 4.69) is 0 Å². The van der Waals surface area contributed by atoms with Crippen molar-refractivity contribution in [1.82, 2.24) is 0 Å². The zero-order chi connectivity index (χ0) is 3.58. The predicted molar refractivity (Wildman–Crippen MR) is 19.6 cm³/mol. The van der Waals surface area contributed by atoms with Crippen LogP contribution >= 0.6 is 0 Å². The molecule has 0 saturated carbocycles. The summed E-state index contributed by atoms with van der Waals surface area (Å²) in [6.07, 6.45) is 0. The Balaban J connectivity index is -0.0000000450. The molecule has 6 heteroatoms. The van der Waals surface area contributed by atoms with Crippen LogP contribution in [-0.2, 0) is 0 Å². The Labute approximate surface area is 108 Å². The Morgan fingerprint density at radius 3 is 1.00 bits per heavy atom. The Kier molecular flexibility index (Phi) is 28.5. The smallest absolute Gasteiger partial charge is 0 e. The van der Waals surface area contributed by atoms with E-state index in [0.717, 1.165) is 0 Å². The van der Waals surface area contributed by atoms with Gasteiger partial charge in [-0.25, -0.2) is 0 Å². The molecule has 0 aliphatic heterocycles. The number of hydrogen-bond acceptors (Lipinski definition) is 3. The summed E-state index contributed by atoms with van der Waals surface area (Å²) >= 11 is 0. The molecule has 0 spiro atoms. The van der Waals surface area contributed by atoms with E-state index in [-0.39, 0.29) is 88.3 Å². The SMILES string of the molecule is OB(O)O.[KH].[Lu]. The van der Waals surface area contributed by atoms with Crippen LogP contribution in [0.2, 0.25) is 0 Å². The van der Waals surface area contributed by atoms with Gasteiger partial charge in [0.2, 0.25) is 0 Å². The zero-order valence-electron chi connectivity index (χ0n) is 2.18. The summed E-state index contributed by atoms with van der Waals surface area (Å²) in [5.74, 6) is 0. The summed E-state index contributed by atoms with van der Waals surface area (Å²) in [5.41, 5.74) is 0. The molecule has 0 bridgehead atoms. The molecular formula is H4BKLuO3. The summed E-state index contributed by atoms with van der Waals surface area (Å²) in [6.45, 7) is 0. The molecule has 0 saturated heterocycles. The largest absolute Gasteiger partial charge is 0 e. The van der Waals surface area contributed by atoms with Gasteiger partial charge in [-0.3, -0.25) is 0 Å². The van der Waals surface area contributed by atoms with Gasteiger partial charge in [0, 0.05) is 36.9 Å². The van der Waals surface area contributed by atoms with Crippen molar-refractivity contribution in [3.05, 3.63) is 0 Å². The monoisotopic (exact) mass is 277 g/mol. The Morgan fingerprint density at radius 1 is 1.00 bits per heavy atom. The molecule has 0 aliphatic carbocycles. The minimum atomic E-state index is -2.17. The van der Waals surface area contributed by atoms with Crippen molar-refractivity contribution in [3.63, 3.8) is 0 Å². The molecule has 0 atom stereocenters. The summed E-state index contributed by atoms with van der Waals surface area (Å²) in [7, 11) is -2.17. The second-order valence-corrected chi connectivity index (χ2v) is 0.346. The zero-order valence-corrected chi connectivity index (χ0v) is 3.83. The van der Waals surface area contributed by atoms with E-state index < -0.39 is 7.32 Å². The van der Waals surface area contributed by atoms with Crippen molar-refractivity contribution in [2.45, 2.75) is 0 Å². The van der Waals surface area contributed by atoms with Crippen molar-refractivity contribution in [2.24, 2.45) is 0 Å². The topological polar surface area (TPSA) is 60.7 Å². The Bertz CT molecular complexity index is 15.5. The van der Waals surface area contributed by atoms with Gasteiger partial charge in [0.05, 0.1) is 0 Å². The van der Waals surface area contributed by atoms with Crippen molar-refractivity contribution < 1.29 is 51.9 Å². The average Bonchev–Trinajstić information content (AvgIpc) is 0.811. The summed E-state index contributed by atoms with van der Waals surface area (Å²) in [6, 6.07) is 0. The van der Waals surface area contributed by atoms with E-state index in [1.807, 2.05) is 0 Å². The van der Waals surface area contributed by atoms with E-state index in [1.165, 1.54) is 0 Å². The van der Waals surface area contributed by atoms with Gasteiger partial charge in [0.1, 0.15) is 0 Å². The Morgan fingerprint density at radius 2 is 1.00 bits per heavy atom.